The topological polar surface area (TPSA) is 47.1 Å². The molecule has 1 aromatic rings. The van der Waals surface area contributed by atoms with Gasteiger partial charge in [-0.15, -0.1) is 0 Å². The van der Waals surface area contributed by atoms with Crippen LogP contribution in [0, 0.1) is 18.8 Å². The maximum absolute atomic E-state index is 6.24. The zero-order chi connectivity index (χ0) is 13.4. The van der Waals surface area contributed by atoms with E-state index in [2.05, 4.69) is 42.4 Å². The Bertz CT molecular complexity index is 412. The van der Waals surface area contributed by atoms with Crippen molar-refractivity contribution in [1.82, 2.24) is 9.78 Å². The van der Waals surface area contributed by atoms with E-state index in [9.17, 15) is 0 Å². The van der Waals surface area contributed by atoms with Gasteiger partial charge < -0.3 is 10.6 Å². The monoisotopic (exact) mass is 250 g/mol. The van der Waals surface area contributed by atoms with Crippen LogP contribution in [0.4, 0.5) is 11.5 Å². The molecule has 0 aromatic carbocycles. The zero-order valence-electron chi connectivity index (χ0n) is 12.3. The Balaban J connectivity index is 2.37. The van der Waals surface area contributed by atoms with Crippen LogP contribution in [0.2, 0.25) is 0 Å². The lowest BCUT2D eigenvalue weighted by molar-refractivity contribution is 0.350. The molecule has 2 heterocycles. The van der Waals surface area contributed by atoms with Gasteiger partial charge in [0.15, 0.2) is 5.82 Å². The molecule has 0 spiro atoms. The van der Waals surface area contributed by atoms with Crippen LogP contribution in [0.1, 0.15) is 45.9 Å². The summed E-state index contributed by atoms with van der Waals surface area (Å²) in [6.07, 6.45) is 1.31. The first-order chi connectivity index (χ1) is 8.40. The molecule has 1 saturated heterocycles. The highest BCUT2D eigenvalue weighted by atomic mass is 15.4. The molecule has 2 rings (SSSR count). The minimum atomic E-state index is 0.350. The van der Waals surface area contributed by atoms with Crippen LogP contribution in [0.15, 0.2) is 0 Å². The maximum atomic E-state index is 6.24. The molecule has 0 saturated carbocycles. The van der Waals surface area contributed by atoms with Crippen molar-refractivity contribution in [1.29, 1.82) is 0 Å². The highest BCUT2D eigenvalue weighted by molar-refractivity contribution is 5.66. The van der Waals surface area contributed by atoms with Crippen molar-refractivity contribution in [2.24, 2.45) is 11.8 Å². The average Bonchev–Trinajstić information content (AvgIpc) is 2.54. The van der Waals surface area contributed by atoms with Crippen molar-refractivity contribution >= 4 is 11.5 Å². The molecule has 1 fully saturated rings. The van der Waals surface area contributed by atoms with Crippen LogP contribution >= 0.6 is 0 Å². The van der Waals surface area contributed by atoms with Gasteiger partial charge in [0.2, 0.25) is 0 Å². The van der Waals surface area contributed by atoms with Crippen molar-refractivity contribution < 1.29 is 0 Å². The molecule has 2 unspecified atom stereocenters. The van der Waals surface area contributed by atoms with Crippen molar-refractivity contribution in [2.75, 3.05) is 23.7 Å². The lowest BCUT2D eigenvalue weighted by Gasteiger charge is -2.37. The normalized spacial score (nSPS) is 24.9. The van der Waals surface area contributed by atoms with Gasteiger partial charge in [0.1, 0.15) is 0 Å². The Hall–Kier alpha value is -1.19. The summed E-state index contributed by atoms with van der Waals surface area (Å²) in [5.41, 5.74) is 8.04. The smallest absolute Gasteiger partial charge is 0.150 e. The first kappa shape index (κ1) is 13.2. The lowest BCUT2D eigenvalue weighted by Crippen LogP contribution is -2.40. The van der Waals surface area contributed by atoms with Crippen LogP contribution in [-0.4, -0.2) is 22.9 Å². The molecule has 4 nitrogen and oxygen atoms in total. The van der Waals surface area contributed by atoms with E-state index < -0.39 is 0 Å². The van der Waals surface area contributed by atoms with Gasteiger partial charge in [-0.25, -0.2) is 4.68 Å². The summed E-state index contributed by atoms with van der Waals surface area (Å²) < 4.78 is 2.08. The van der Waals surface area contributed by atoms with Gasteiger partial charge >= 0.3 is 0 Å². The Morgan fingerprint density at radius 2 is 1.78 bits per heavy atom. The standard InChI is InChI=1S/C14H26N4/c1-9(2)18-14(13(15)12(5)16-18)17-7-10(3)6-11(4)8-17/h9-11H,6-8,15H2,1-5H3. The first-order valence-electron chi connectivity index (χ1n) is 6.99. The van der Waals surface area contributed by atoms with Gasteiger partial charge in [0.05, 0.1) is 11.4 Å². The summed E-state index contributed by atoms with van der Waals surface area (Å²) in [6, 6.07) is 0.350. The Morgan fingerprint density at radius 1 is 1.22 bits per heavy atom. The SMILES string of the molecule is Cc1nn(C(C)C)c(N2CC(C)CC(C)C2)c1N. The fourth-order valence-corrected chi connectivity index (χ4v) is 3.06. The summed E-state index contributed by atoms with van der Waals surface area (Å²) in [7, 11) is 0. The van der Waals surface area contributed by atoms with Gasteiger partial charge in [-0.3, -0.25) is 0 Å². The molecule has 1 aliphatic heterocycles. The van der Waals surface area contributed by atoms with Crippen molar-refractivity contribution in [3.63, 3.8) is 0 Å². The Kier molecular flexibility index (Phi) is 3.55. The molecule has 0 aliphatic carbocycles. The molecule has 0 radical (unpaired) electrons. The number of nitrogens with zero attached hydrogens (tertiary/aromatic N) is 3. The first-order valence-corrected chi connectivity index (χ1v) is 6.99. The second kappa shape index (κ2) is 4.82. The van der Waals surface area contributed by atoms with Crippen LogP contribution in [0.5, 0.6) is 0 Å². The van der Waals surface area contributed by atoms with E-state index in [1.54, 1.807) is 0 Å². The number of aryl methyl sites for hydroxylation is 1. The van der Waals surface area contributed by atoms with Crippen molar-refractivity contribution in [2.45, 2.75) is 47.1 Å². The van der Waals surface area contributed by atoms with Gasteiger partial charge in [0.25, 0.3) is 0 Å². The number of hydrogen-bond acceptors (Lipinski definition) is 3. The fraction of sp³-hybridized carbons (Fsp3) is 0.786. The molecule has 0 bridgehead atoms. The third kappa shape index (κ3) is 2.33. The van der Waals surface area contributed by atoms with E-state index in [1.165, 1.54) is 6.42 Å². The summed E-state index contributed by atoms with van der Waals surface area (Å²) in [6.45, 7) is 13.1. The number of anilines is 2. The molecule has 0 amide bonds. The largest absolute Gasteiger partial charge is 0.394 e. The highest BCUT2D eigenvalue weighted by Gasteiger charge is 2.27. The number of aromatic nitrogens is 2. The zero-order valence-corrected chi connectivity index (χ0v) is 12.3. The number of hydrogen-bond donors (Lipinski definition) is 1. The third-order valence-corrected chi connectivity index (χ3v) is 3.76. The van der Waals surface area contributed by atoms with Gasteiger partial charge in [-0.05, 0) is 39.0 Å². The molecule has 102 valence electrons. The number of piperidine rings is 1. The predicted molar refractivity (Wildman–Crippen MR) is 76.9 cm³/mol. The number of nitrogen functional groups attached to an aromatic ring is 1. The van der Waals surface area contributed by atoms with Crippen LogP contribution < -0.4 is 10.6 Å². The molecule has 2 atom stereocenters. The van der Waals surface area contributed by atoms with Gasteiger partial charge in [-0.1, -0.05) is 13.8 Å². The Labute approximate surface area is 110 Å². The maximum Gasteiger partial charge on any atom is 0.150 e. The van der Waals surface area contributed by atoms with E-state index in [4.69, 9.17) is 5.73 Å². The van der Waals surface area contributed by atoms with Gasteiger partial charge in [0, 0.05) is 19.1 Å². The van der Waals surface area contributed by atoms with Crippen LogP contribution in [0.25, 0.3) is 0 Å². The third-order valence-electron chi connectivity index (χ3n) is 3.76. The molecule has 1 aromatic heterocycles. The fourth-order valence-electron chi connectivity index (χ4n) is 3.06. The summed E-state index contributed by atoms with van der Waals surface area (Å²) in [5, 5.41) is 4.58. The molecular formula is C14H26N4. The predicted octanol–water partition coefficient (Wildman–Crippen LogP) is 2.84. The molecule has 1 aliphatic rings. The summed E-state index contributed by atoms with van der Waals surface area (Å²) in [5.74, 6) is 2.58. The van der Waals surface area contributed by atoms with E-state index in [-0.39, 0.29) is 0 Å². The lowest BCUT2D eigenvalue weighted by atomic mass is 9.92. The van der Waals surface area contributed by atoms with E-state index >= 15 is 0 Å². The quantitative estimate of drug-likeness (QED) is 0.878. The molecular weight excluding hydrogens is 224 g/mol. The highest BCUT2D eigenvalue weighted by Crippen LogP contribution is 2.33. The summed E-state index contributed by atoms with van der Waals surface area (Å²) >= 11 is 0. The molecule has 2 N–H and O–H groups in total. The number of nitrogens with two attached hydrogens (primary N) is 1. The second-order valence-electron chi connectivity index (χ2n) is 6.21. The average molecular weight is 250 g/mol. The summed E-state index contributed by atoms with van der Waals surface area (Å²) in [4.78, 5) is 2.42. The van der Waals surface area contributed by atoms with E-state index in [0.717, 1.165) is 42.1 Å². The van der Waals surface area contributed by atoms with Crippen LogP contribution in [-0.2, 0) is 0 Å². The Morgan fingerprint density at radius 3 is 2.28 bits per heavy atom. The minimum absolute atomic E-state index is 0.350. The molecule has 4 heteroatoms. The minimum Gasteiger partial charge on any atom is -0.394 e. The van der Waals surface area contributed by atoms with Crippen LogP contribution in [0.3, 0.4) is 0 Å². The molecule has 18 heavy (non-hydrogen) atoms. The van der Waals surface area contributed by atoms with E-state index in [1.807, 2.05) is 6.92 Å². The number of rotatable bonds is 2. The van der Waals surface area contributed by atoms with E-state index in [0.29, 0.717) is 6.04 Å². The second-order valence-corrected chi connectivity index (χ2v) is 6.21. The van der Waals surface area contributed by atoms with Crippen molar-refractivity contribution in [3.8, 4) is 0 Å². The van der Waals surface area contributed by atoms with Gasteiger partial charge in [-0.2, -0.15) is 5.10 Å². The van der Waals surface area contributed by atoms with Crippen molar-refractivity contribution in [3.05, 3.63) is 5.69 Å².